The molecule has 2 heterocycles. The minimum absolute atomic E-state index is 0.0316. The van der Waals surface area contributed by atoms with Crippen molar-refractivity contribution in [2.45, 2.75) is 12.8 Å². The lowest BCUT2D eigenvalue weighted by atomic mass is 10.1. The van der Waals surface area contributed by atoms with E-state index in [-0.39, 0.29) is 5.91 Å². The summed E-state index contributed by atoms with van der Waals surface area (Å²) in [4.78, 5) is 14.1. The van der Waals surface area contributed by atoms with Gasteiger partial charge in [-0.1, -0.05) is 12.1 Å². The third-order valence-corrected chi connectivity index (χ3v) is 3.57. The van der Waals surface area contributed by atoms with Crippen LogP contribution in [0.3, 0.4) is 0 Å². The van der Waals surface area contributed by atoms with E-state index in [2.05, 4.69) is 10.2 Å². The lowest BCUT2D eigenvalue weighted by Crippen LogP contribution is -2.27. The molecule has 5 nitrogen and oxygen atoms in total. The number of rotatable bonds is 3. The predicted molar refractivity (Wildman–Crippen MR) is 75.7 cm³/mol. The predicted octanol–water partition coefficient (Wildman–Crippen LogP) is 2.32. The van der Waals surface area contributed by atoms with Crippen LogP contribution in [0.1, 0.15) is 23.3 Å². The number of carbonyl (C=O) groups excluding carboxylic acids is 1. The van der Waals surface area contributed by atoms with Crippen LogP contribution >= 0.6 is 0 Å². The van der Waals surface area contributed by atoms with Gasteiger partial charge >= 0.3 is 0 Å². The molecule has 0 spiro atoms. The molecule has 1 aliphatic heterocycles. The fourth-order valence-electron chi connectivity index (χ4n) is 2.45. The average Bonchev–Trinajstić information content (AvgIpc) is 3.18. The van der Waals surface area contributed by atoms with Gasteiger partial charge in [0.15, 0.2) is 0 Å². The molecule has 1 fully saturated rings. The molecule has 1 amide bonds. The summed E-state index contributed by atoms with van der Waals surface area (Å²) in [6, 6.07) is 9.44. The number of methoxy groups -OCH3 is 1. The van der Waals surface area contributed by atoms with Crippen LogP contribution in [0.15, 0.2) is 30.3 Å². The first-order valence-electron chi connectivity index (χ1n) is 6.77. The Balaban J connectivity index is 1.83. The number of H-pyrrole nitrogens is 1. The Morgan fingerprint density at radius 1 is 1.30 bits per heavy atom. The van der Waals surface area contributed by atoms with Gasteiger partial charge in [-0.15, -0.1) is 0 Å². The number of aromatic nitrogens is 2. The number of benzene rings is 1. The molecule has 1 N–H and O–H groups in total. The van der Waals surface area contributed by atoms with Crippen LogP contribution in [0.2, 0.25) is 0 Å². The van der Waals surface area contributed by atoms with E-state index in [1.807, 2.05) is 29.2 Å². The van der Waals surface area contributed by atoms with Crippen LogP contribution in [-0.2, 0) is 0 Å². The zero-order valence-corrected chi connectivity index (χ0v) is 11.4. The van der Waals surface area contributed by atoms with Gasteiger partial charge < -0.3 is 9.64 Å². The van der Waals surface area contributed by atoms with E-state index in [1.54, 1.807) is 13.2 Å². The molecular weight excluding hydrogens is 254 g/mol. The Morgan fingerprint density at radius 3 is 2.85 bits per heavy atom. The SMILES string of the molecule is COc1cccc(-c2cc(C(=O)N3CCCC3)[nH]n2)c1. The van der Waals surface area contributed by atoms with E-state index in [4.69, 9.17) is 4.74 Å². The van der Waals surface area contributed by atoms with Gasteiger partial charge in [-0.3, -0.25) is 9.89 Å². The second kappa shape index (κ2) is 5.36. The maximum Gasteiger partial charge on any atom is 0.271 e. The first kappa shape index (κ1) is 12.7. The van der Waals surface area contributed by atoms with Gasteiger partial charge in [-0.2, -0.15) is 5.10 Å². The van der Waals surface area contributed by atoms with Crippen molar-refractivity contribution in [2.24, 2.45) is 0 Å². The molecule has 0 aliphatic carbocycles. The van der Waals surface area contributed by atoms with E-state index in [0.29, 0.717) is 5.69 Å². The molecule has 0 atom stereocenters. The zero-order chi connectivity index (χ0) is 13.9. The third kappa shape index (κ3) is 2.39. The molecule has 5 heteroatoms. The molecule has 3 rings (SSSR count). The normalized spacial score (nSPS) is 14.6. The van der Waals surface area contributed by atoms with Crippen LogP contribution in [0, 0.1) is 0 Å². The van der Waals surface area contributed by atoms with Gasteiger partial charge in [-0.25, -0.2) is 0 Å². The highest BCUT2D eigenvalue weighted by Gasteiger charge is 2.21. The number of nitrogens with zero attached hydrogens (tertiary/aromatic N) is 2. The maximum absolute atomic E-state index is 12.2. The number of nitrogens with one attached hydrogen (secondary N) is 1. The monoisotopic (exact) mass is 271 g/mol. The van der Waals surface area contributed by atoms with Gasteiger partial charge in [0.05, 0.1) is 12.8 Å². The van der Waals surface area contributed by atoms with Gasteiger partial charge in [0.1, 0.15) is 11.4 Å². The Morgan fingerprint density at radius 2 is 2.10 bits per heavy atom. The summed E-state index contributed by atoms with van der Waals surface area (Å²) >= 11 is 0. The number of ether oxygens (including phenoxy) is 1. The topological polar surface area (TPSA) is 58.2 Å². The molecule has 0 unspecified atom stereocenters. The van der Waals surface area contributed by atoms with Crippen molar-refractivity contribution >= 4 is 5.91 Å². The van der Waals surface area contributed by atoms with Crippen LogP contribution in [0.5, 0.6) is 5.75 Å². The molecule has 0 bridgehead atoms. The highest BCUT2D eigenvalue weighted by molar-refractivity contribution is 5.93. The summed E-state index contributed by atoms with van der Waals surface area (Å²) in [5.41, 5.74) is 2.23. The molecular formula is C15H17N3O2. The van der Waals surface area contributed by atoms with Crippen LogP contribution in [-0.4, -0.2) is 41.2 Å². The van der Waals surface area contributed by atoms with Gasteiger partial charge in [0, 0.05) is 18.7 Å². The van der Waals surface area contributed by atoms with Crippen LogP contribution < -0.4 is 4.74 Å². The summed E-state index contributed by atoms with van der Waals surface area (Å²) in [6.45, 7) is 1.68. The Bertz CT molecular complexity index is 615. The van der Waals surface area contributed by atoms with Crippen molar-refractivity contribution in [2.75, 3.05) is 20.2 Å². The molecule has 1 aromatic carbocycles. The number of hydrogen-bond donors (Lipinski definition) is 1. The molecule has 1 saturated heterocycles. The summed E-state index contributed by atoms with van der Waals surface area (Å²) < 4.78 is 5.20. The number of amides is 1. The van der Waals surface area contributed by atoms with Crippen molar-refractivity contribution in [3.05, 3.63) is 36.0 Å². The minimum atomic E-state index is 0.0316. The van der Waals surface area contributed by atoms with Crippen LogP contribution in [0.25, 0.3) is 11.3 Å². The quantitative estimate of drug-likeness (QED) is 0.932. The Kier molecular flexibility index (Phi) is 3.41. The molecule has 2 aromatic rings. The number of aromatic amines is 1. The average molecular weight is 271 g/mol. The third-order valence-electron chi connectivity index (χ3n) is 3.57. The summed E-state index contributed by atoms with van der Waals surface area (Å²) in [7, 11) is 1.63. The maximum atomic E-state index is 12.2. The highest BCUT2D eigenvalue weighted by atomic mass is 16.5. The van der Waals surface area contributed by atoms with E-state index in [0.717, 1.165) is 42.9 Å². The highest BCUT2D eigenvalue weighted by Crippen LogP contribution is 2.23. The Hall–Kier alpha value is -2.30. The smallest absolute Gasteiger partial charge is 0.271 e. The lowest BCUT2D eigenvalue weighted by Gasteiger charge is -2.12. The fourth-order valence-corrected chi connectivity index (χ4v) is 2.45. The molecule has 20 heavy (non-hydrogen) atoms. The van der Waals surface area contributed by atoms with E-state index < -0.39 is 0 Å². The summed E-state index contributed by atoms with van der Waals surface area (Å²) in [5, 5.41) is 7.06. The molecule has 0 saturated carbocycles. The number of hydrogen-bond acceptors (Lipinski definition) is 3. The van der Waals surface area contributed by atoms with Gasteiger partial charge in [-0.05, 0) is 31.0 Å². The summed E-state index contributed by atoms with van der Waals surface area (Å²) in [5.74, 6) is 0.807. The van der Waals surface area contributed by atoms with E-state index in [9.17, 15) is 4.79 Å². The second-order valence-corrected chi connectivity index (χ2v) is 4.90. The van der Waals surface area contributed by atoms with Crippen molar-refractivity contribution in [1.29, 1.82) is 0 Å². The number of carbonyl (C=O) groups is 1. The van der Waals surface area contributed by atoms with Crippen LogP contribution in [0.4, 0.5) is 0 Å². The van der Waals surface area contributed by atoms with Gasteiger partial charge in [0.2, 0.25) is 0 Å². The van der Waals surface area contributed by atoms with Crippen molar-refractivity contribution in [3.63, 3.8) is 0 Å². The molecule has 0 radical (unpaired) electrons. The molecule has 1 aromatic heterocycles. The van der Waals surface area contributed by atoms with E-state index >= 15 is 0 Å². The first-order valence-corrected chi connectivity index (χ1v) is 6.77. The fraction of sp³-hybridized carbons (Fsp3) is 0.333. The zero-order valence-electron chi connectivity index (χ0n) is 11.4. The standard InChI is InChI=1S/C15H17N3O2/c1-20-12-6-4-5-11(9-12)13-10-14(17-16-13)15(19)18-7-2-3-8-18/h4-6,9-10H,2-3,7-8H2,1H3,(H,16,17). The van der Waals surface area contributed by atoms with E-state index in [1.165, 1.54) is 0 Å². The molecule has 1 aliphatic rings. The summed E-state index contributed by atoms with van der Waals surface area (Å²) in [6.07, 6.45) is 2.17. The minimum Gasteiger partial charge on any atom is -0.497 e. The largest absolute Gasteiger partial charge is 0.497 e. The van der Waals surface area contributed by atoms with Crippen molar-refractivity contribution < 1.29 is 9.53 Å². The lowest BCUT2D eigenvalue weighted by molar-refractivity contribution is 0.0787. The van der Waals surface area contributed by atoms with Crippen molar-refractivity contribution in [3.8, 4) is 17.0 Å². The Labute approximate surface area is 117 Å². The molecule has 104 valence electrons. The number of likely N-dealkylation sites (tertiary alicyclic amines) is 1. The second-order valence-electron chi connectivity index (χ2n) is 4.90. The first-order chi connectivity index (χ1) is 9.78. The van der Waals surface area contributed by atoms with Gasteiger partial charge in [0.25, 0.3) is 5.91 Å². The van der Waals surface area contributed by atoms with Crippen molar-refractivity contribution in [1.82, 2.24) is 15.1 Å².